The van der Waals surface area contributed by atoms with Crippen molar-refractivity contribution in [3.8, 4) is 0 Å². The number of halogens is 2. The molecule has 0 spiro atoms. The Balaban J connectivity index is 3.00. The highest BCUT2D eigenvalue weighted by atomic mass is 35.5. The van der Waals surface area contributed by atoms with Gasteiger partial charge in [0, 0.05) is 4.90 Å². The molecule has 1 rings (SSSR count). The summed E-state index contributed by atoms with van der Waals surface area (Å²) in [6.07, 6.45) is 0. The fraction of sp³-hybridized carbons (Fsp3) is 0.125. The second-order valence-corrected chi connectivity index (χ2v) is 3.82. The number of benzene rings is 1. The molecule has 0 amide bonds. The van der Waals surface area contributed by atoms with Gasteiger partial charge in [-0.2, -0.15) is 0 Å². The van der Waals surface area contributed by atoms with Gasteiger partial charge in [-0.05, 0) is 24.8 Å². The summed E-state index contributed by atoms with van der Waals surface area (Å²) >= 11 is 13.3. The Morgan fingerprint density at radius 3 is 2.27 bits per heavy atom. The van der Waals surface area contributed by atoms with Crippen molar-refractivity contribution >= 4 is 35.0 Å². The van der Waals surface area contributed by atoms with Crippen LogP contribution in [0, 0.1) is 6.92 Å². The minimum absolute atomic E-state index is 0.700. The molecule has 59 valence electrons. The summed E-state index contributed by atoms with van der Waals surface area (Å²) in [7, 11) is 0. The van der Waals surface area contributed by atoms with Crippen molar-refractivity contribution in [2.24, 2.45) is 0 Å². The first kappa shape index (κ1) is 9.24. The van der Waals surface area contributed by atoms with Crippen LogP contribution in [0.2, 0.25) is 10.0 Å². The van der Waals surface area contributed by atoms with Gasteiger partial charge >= 0.3 is 0 Å². The first-order valence-electron chi connectivity index (χ1n) is 3.11. The van der Waals surface area contributed by atoms with Gasteiger partial charge < -0.3 is 0 Å². The molecule has 0 aliphatic heterocycles. The molecule has 0 bridgehead atoms. The monoisotopic (exact) mass is 205 g/mol. The zero-order valence-corrected chi connectivity index (χ0v) is 8.14. The Hall–Kier alpha value is 0.150. The Bertz CT molecular complexity index is 228. The quantitative estimate of drug-likeness (QED) is 0.661. The standard InChI is InChI=1S/C8H7Cl2S/c1-2-11-8-6(9)4-3-5-7(8)10/h3-5H,1-2H2. The van der Waals surface area contributed by atoms with Crippen LogP contribution in [0.5, 0.6) is 0 Å². The highest BCUT2D eigenvalue weighted by Crippen LogP contribution is 2.33. The van der Waals surface area contributed by atoms with E-state index < -0.39 is 0 Å². The van der Waals surface area contributed by atoms with E-state index in [-0.39, 0.29) is 0 Å². The van der Waals surface area contributed by atoms with Gasteiger partial charge in [-0.1, -0.05) is 29.3 Å². The van der Waals surface area contributed by atoms with Gasteiger partial charge in [0.1, 0.15) is 0 Å². The van der Waals surface area contributed by atoms with Gasteiger partial charge in [0.15, 0.2) is 0 Å². The lowest BCUT2D eigenvalue weighted by atomic mass is 10.4. The van der Waals surface area contributed by atoms with Crippen LogP contribution in [-0.2, 0) is 0 Å². The van der Waals surface area contributed by atoms with E-state index in [1.807, 2.05) is 18.2 Å². The molecule has 1 aromatic rings. The third kappa shape index (κ3) is 2.29. The van der Waals surface area contributed by atoms with Gasteiger partial charge in [-0.15, -0.1) is 11.8 Å². The van der Waals surface area contributed by atoms with Gasteiger partial charge in [0.05, 0.1) is 10.0 Å². The Kier molecular flexibility index (Phi) is 3.57. The second-order valence-electron chi connectivity index (χ2n) is 1.90. The Morgan fingerprint density at radius 1 is 1.27 bits per heavy atom. The SMILES string of the molecule is [CH2]CSc1c(Cl)cccc1Cl. The van der Waals surface area contributed by atoms with E-state index in [0.29, 0.717) is 10.0 Å². The van der Waals surface area contributed by atoms with Crippen molar-refractivity contribution in [3.63, 3.8) is 0 Å². The molecule has 0 N–H and O–H groups in total. The van der Waals surface area contributed by atoms with Crippen molar-refractivity contribution in [2.45, 2.75) is 4.90 Å². The zero-order valence-electron chi connectivity index (χ0n) is 5.81. The first-order chi connectivity index (χ1) is 5.25. The van der Waals surface area contributed by atoms with E-state index in [1.54, 1.807) is 11.8 Å². The number of rotatable bonds is 2. The smallest absolute Gasteiger partial charge is 0.0556 e. The maximum atomic E-state index is 5.88. The molecule has 0 aliphatic carbocycles. The lowest BCUT2D eigenvalue weighted by molar-refractivity contribution is 1.46. The topological polar surface area (TPSA) is 0 Å². The van der Waals surface area contributed by atoms with Crippen LogP contribution < -0.4 is 0 Å². The highest BCUT2D eigenvalue weighted by Gasteiger charge is 2.03. The number of hydrogen-bond acceptors (Lipinski definition) is 1. The molecule has 0 fully saturated rings. The Labute approximate surface area is 80.9 Å². The van der Waals surface area contributed by atoms with Gasteiger partial charge in [0.2, 0.25) is 0 Å². The molecule has 11 heavy (non-hydrogen) atoms. The summed E-state index contributed by atoms with van der Waals surface area (Å²) in [5.41, 5.74) is 0. The normalized spacial score (nSPS) is 10.1. The van der Waals surface area contributed by atoms with Crippen molar-refractivity contribution in [1.82, 2.24) is 0 Å². The van der Waals surface area contributed by atoms with E-state index >= 15 is 0 Å². The third-order valence-corrected chi connectivity index (χ3v) is 2.95. The molecule has 0 aromatic heterocycles. The van der Waals surface area contributed by atoms with E-state index in [2.05, 4.69) is 6.92 Å². The minimum Gasteiger partial charge on any atom is -0.123 e. The van der Waals surface area contributed by atoms with Crippen molar-refractivity contribution in [3.05, 3.63) is 35.2 Å². The average Bonchev–Trinajstić information content (AvgIpc) is 1.97. The summed E-state index contributed by atoms with van der Waals surface area (Å²) in [6.45, 7) is 3.71. The molecule has 0 saturated heterocycles. The van der Waals surface area contributed by atoms with Crippen molar-refractivity contribution in [2.75, 3.05) is 5.75 Å². The van der Waals surface area contributed by atoms with Crippen LogP contribution >= 0.6 is 35.0 Å². The van der Waals surface area contributed by atoms with E-state index in [0.717, 1.165) is 10.6 Å². The molecular formula is C8H7Cl2S. The van der Waals surface area contributed by atoms with Crippen LogP contribution in [0.4, 0.5) is 0 Å². The molecule has 3 heteroatoms. The van der Waals surface area contributed by atoms with Gasteiger partial charge in [-0.25, -0.2) is 0 Å². The minimum atomic E-state index is 0.700. The van der Waals surface area contributed by atoms with Crippen LogP contribution in [-0.4, -0.2) is 5.75 Å². The summed E-state index contributed by atoms with van der Waals surface area (Å²) in [5.74, 6) is 0.740. The summed E-state index contributed by atoms with van der Waals surface area (Å²) < 4.78 is 0. The fourth-order valence-corrected chi connectivity index (χ4v) is 2.06. The van der Waals surface area contributed by atoms with Crippen molar-refractivity contribution < 1.29 is 0 Å². The molecule has 0 aliphatic rings. The van der Waals surface area contributed by atoms with E-state index in [1.165, 1.54) is 0 Å². The molecular weight excluding hydrogens is 199 g/mol. The molecule has 0 heterocycles. The van der Waals surface area contributed by atoms with Crippen LogP contribution in [0.1, 0.15) is 0 Å². The molecule has 0 saturated carbocycles. The molecule has 0 unspecified atom stereocenters. The fourth-order valence-electron chi connectivity index (χ4n) is 0.722. The van der Waals surface area contributed by atoms with Crippen LogP contribution in [0.3, 0.4) is 0 Å². The summed E-state index contributed by atoms with van der Waals surface area (Å²) in [6, 6.07) is 5.48. The molecule has 1 radical (unpaired) electrons. The van der Waals surface area contributed by atoms with E-state index in [4.69, 9.17) is 23.2 Å². The highest BCUT2D eigenvalue weighted by molar-refractivity contribution is 7.99. The van der Waals surface area contributed by atoms with E-state index in [9.17, 15) is 0 Å². The Morgan fingerprint density at radius 2 is 1.82 bits per heavy atom. The largest absolute Gasteiger partial charge is 0.123 e. The lowest BCUT2D eigenvalue weighted by Crippen LogP contribution is -1.76. The average molecular weight is 206 g/mol. The first-order valence-corrected chi connectivity index (χ1v) is 4.86. The van der Waals surface area contributed by atoms with Gasteiger partial charge in [-0.3, -0.25) is 0 Å². The number of thioether (sulfide) groups is 1. The maximum Gasteiger partial charge on any atom is 0.0556 e. The lowest BCUT2D eigenvalue weighted by Gasteiger charge is -2.02. The maximum absolute atomic E-state index is 5.88. The predicted molar refractivity (Wildman–Crippen MR) is 52.5 cm³/mol. The van der Waals surface area contributed by atoms with Crippen LogP contribution in [0.15, 0.2) is 23.1 Å². The molecule has 0 nitrogen and oxygen atoms in total. The third-order valence-electron chi connectivity index (χ3n) is 1.17. The summed E-state index contributed by atoms with van der Waals surface area (Å²) in [5, 5.41) is 1.40. The van der Waals surface area contributed by atoms with Crippen LogP contribution in [0.25, 0.3) is 0 Å². The number of hydrogen-bond donors (Lipinski definition) is 0. The zero-order chi connectivity index (χ0) is 8.27. The van der Waals surface area contributed by atoms with Crippen molar-refractivity contribution in [1.29, 1.82) is 0 Å². The summed E-state index contributed by atoms with van der Waals surface area (Å²) in [4.78, 5) is 0.922. The molecule has 0 atom stereocenters. The van der Waals surface area contributed by atoms with Gasteiger partial charge in [0.25, 0.3) is 0 Å². The molecule has 1 aromatic carbocycles. The second kappa shape index (κ2) is 4.24. The predicted octanol–water partition coefficient (Wildman–Crippen LogP) is 3.92.